The maximum Gasteiger partial charge on any atom is 0.418 e. The van der Waals surface area contributed by atoms with Crippen molar-refractivity contribution in [3.63, 3.8) is 0 Å². The first-order valence-corrected chi connectivity index (χ1v) is 24.0. The van der Waals surface area contributed by atoms with Crippen LogP contribution in [0.3, 0.4) is 0 Å². The SMILES string of the molecule is CN(Cc1cc(N2CCN(c3ccc(C(=O)N(C)CCC4CCN(Cc5cc(C(F)(F)F)c6cn(-c7cccc(Cc8nncn8C)c7)c(=O)n6c5)CC4)cc3)CC2)ccc1C=O)NC(=O)CCCC=O. The number of imidazole rings is 1. The third-order valence-electron chi connectivity index (χ3n) is 13.6. The van der Waals surface area contributed by atoms with Gasteiger partial charge in [0, 0.05) is 121 Å². The Kier molecular flexibility index (Phi) is 15.8. The smallest absolute Gasteiger partial charge is 0.368 e. The number of aryl methyl sites for hydroxylation is 1. The number of aldehydes is 2. The van der Waals surface area contributed by atoms with E-state index in [0.29, 0.717) is 79.6 Å². The van der Waals surface area contributed by atoms with Crippen molar-refractivity contribution in [3.05, 3.63) is 141 Å². The van der Waals surface area contributed by atoms with Crippen LogP contribution in [0.1, 0.15) is 87.3 Å². The molecule has 2 amide bonds. The van der Waals surface area contributed by atoms with Crippen LogP contribution in [0.25, 0.3) is 11.2 Å². The van der Waals surface area contributed by atoms with E-state index in [1.165, 1.54) is 17.0 Å². The average molecular weight is 976 g/mol. The summed E-state index contributed by atoms with van der Waals surface area (Å²) in [5.41, 5.74) is 6.81. The topological polar surface area (TPSA) is 154 Å². The van der Waals surface area contributed by atoms with Crippen LogP contribution in [0.2, 0.25) is 0 Å². The van der Waals surface area contributed by atoms with Crippen molar-refractivity contribution in [1.29, 1.82) is 0 Å². The molecule has 71 heavy (non-hydrogen) atoms. The lowest BCUT2D eigenvalue weighted by atomic mass is 9.93. The number of nitrogens with zero attached hydrogens (tertiary/aromatic N) is 10. The van der Waals surface area contributed by atoms with E-state index in [-0.39, 0.29) is 30.3 Å². The third kappa shape index (κ3) is 12.3. The summed E-state index contributed by atoms with van der Waals surface area (Å²) >= 11 is 0. The minimum atomic E-state index is -4.68. The second kappa shape index (κ2) is 22.3. The second-order valence-electron chi connectivity index (χ2n) is 18.7. The minimum Gasteiger partial charge on any atom is -0.368 e. The number of piperidine rings is 1. The zero-order chi connectivity index (χ0) is 50.2. The Morgan fingerprint density at radius 3 is 2.25 bits per heavy atom. The molecule has 1 N–H and O–H groups in total. The molecular weight excluding hydrogens is 916 g/mol. The van der Waals surface area contributed by atoms with Crippen molar-refractivity contribution >= 4 is 41.3 Å². The van der Waals surface area contributed by atoms with Crippen LogP contribution in [0, 0.1) is 5.92 Å². The number of amides is 2. The molecule has 8 rings (SSSR count). The van der Waals surface area contributed by atoms with Crippen LogP contribution in [0.15, 0.2) is 96.3 Å². The molecule has 0 unspecified atom stereocenters. The number of hydrazine groups is 1. The molecule has 0 bridgehead atoms. The number of hydrogen-bond donors (Lipinski definition) is 1. The number of nitrogens with one attached hydrogen (secondary N) is 1. The highest BCUT2D eigenvalue weighted by Gasteiger charge is 2.35. The van der Waals surface area contributed by atoms with E-state index < -0.39 is 17.4 Å². The first-order valence-electron chi connectivity index (χ1n) is 24.0. The molecule has 0 saturated carbocycles. The van der Waals surface area contributed by atoms with Crippen molar-refractivity contribution in [2.75, 3.05) is 69.7 Å². The number of rotatable bonds is 19. The van der Waals surface area contributed by atoms with Crippen LogP contribution in [-0.2, 0) is 42.3 Å². The summed E-state index contributed by atoms with van der Waals surface area (Å²) in [5.74, 6) is 0.816. The maximum atomic E-state index is 14.5. The maximum absolute atomic E-state index is 14.5. The number of hydrogen-bond acceptors (Lipinski definition) is 11. The molecule has 2 fully saturated rings. The molecule has 16 nitrogen and oxygen atoms in total. The lowest BCUT2D eigenvalue weighted by molar-refractivity contribution is -0.136. The summed E-state index contributed by atoms with van der Waals surface area (Å²) in [6.45, 7) is 5.57. The molecule has 0 aliphatic carbocycles. The Balaban J connectivity index is 0.805. The molecule has 0 radical (unpaired) electrons. The number of anilines is 2. The fourth-order valence-electron chi connectivity index (χ4n) is 9.59. The number of unbranched alkanes of at least 4 members (excludes halogenated alkanes) is 1. The van der Waals surface area contributed by atoms with E-state index in [4.69, 9.17) is 0 Å². The van der Waals surface area contributed by atoms with Gasteiger partial charge in [-0.25, -0.2) is 9.80 Å². The van der Waals surface area contributed by atoms with Gasteiger partial charge in [-0.05, 0) is 122 Å². The zero-order valence-electron chi connectivity index (χ0n) is 40.4. The predicted molar refractivity (Wildman–Crippen MR) is 264 cm³/mol. The number of piperazine rings is 1. The lowest BCUT2D eigenvalue weighted by Gasteiger charge is -2.37. The highest BCUT2D eigenvalue weighted by atomic mass is 19.4. The van der Waals surface area contributed by atoms with Crippen LogP contribution >= 0.6 is 0 Å². The van der Waals surface area contributed by atoms with Gasteiger partial charge in [-0.1, -0.05) is 12.1 Å². The fraction of sp³-hybridized carbons (Fsp3) is 0.404. The molecule has 3 aromatic carbocycles. The van der Waals surface area contributed by atoms with E-state index in [2.05, 4.69) is 30.3 Å². The van der Waals surface area contributed by atoms with Crippen molar-refractivity contribution < 1.29 is 32.3 Å². The Morgan fingerprint density at radius 2 is 1.58 bits per heavy atom. The molecule has 19 heteroatoms. The van der Waals surface area contributed by atoms with Crippen LogP contribution in [0.5, 0.6) is 0 Å². The number of carbonyl (C=O) groups is 4. The van der Waals surface area contributed by atoms with Gasteiger partial charge < -0.3 is 24.1 Å². The number of alkyl halides is 3. The van der Waals surface area contributed by atoms with Gasteiger partial charge in [0.25, 0.3) is 5.91 Å². The van der Waals surface area contributed by atoms with Gasteiger partial charge in [0.05, 0.1) is 16.8 Å². The van der Waals surface area contributed by atoms with Crippen molar-refractivity contribution in [2.45, 2.75) is 64.2 Å². The number of carbonyl (C=O) groups excluding carboxylic acids is 4. The van der Waals surface area contributed by atoms with Crippen LogP contribution in [0.4, 0.5) is 24.5 Å². The average Bonchev–Trinajstić information content (AvgIpc) is 3.93. The van der Waals surface area contributed by atoms with Gasteiger partial charge >= 0.3 is 11.9 Å². The van der Waals surface area contributed by atoms with Gasteiger partial charge in [0.15, 0.2) is 0 Å². The number of likely N-dealkylation sites (tertiary alicyclic amines) is 1. The molecule has 374 valence electrons. The first-order chi connectivity index (χ1) is 34.2. The van der Waals surface area contributed by atoms with Crippen molar-refractivity contribution in [3.8, 4) is 5.69 Å². The minimum absolute atomic E-state index is 0.0638. The summed E-state index contributed by atoms with van der Waals surface area (Å²) in [5, 5.41) is 9.67. The second-order valence-corrected chi connectivity index (χ2v) is 18.7. The number of aromatic nitrogens is 5. The number of halogens is 3. The molecule has 0 spiro atoms. The third-order valence-corrected chi connectivity index (χ3v) is 13.6. The molecular formula is C52H60F3N11O5. The molecule has 2 aliphatic rings. The summed E-state index contributed by atoms with van der Waals surface area (Å²) < 4.78 is 47.8. The Morgan fingerprint density at radius 1 is 0.859 bits per heavy atom. The summed E-state index contributed by atoms with van der Waals surface area (Å²) in [6, 6.07) is 21.7. The molecule has 2 saturated heterocycles. The summed E-state index contributed by atoms with van der Waals surface area (Å²) in [7, 11) is 5.38. The number of fused-ring (bicyclic) bond motifs is 1. The predicted octanol–water partition coefficient (Wildman–Crippen LogP) is 6.17. The normalized spacial score (nSPS) is 14.9. The highest BCUT2D eigenvalue weighted by Crippen LogP contribution is 2.34. The van der Waals surface area contributed by atoms with Crippen LogP contribution in [-0.4, -0.2) is 123 Å². The van der Waals surface area contributed by atoms with Gasteiger partial charge in [-0.15, -0.1) is 10.2 Å². The van der Waals surface area contributed by atoms with Crippen molar-refractivity contribution in [1.82, 2.24) is 44.0 Å². The first kappa shape index (κ1) is 50.3. The standard InChI is InChI=1S/C52H60F3N11O5/c1-59(50(70)40-10-13-43(14-11-40)63-22-24-64(25-23-63)44-15-12-41(35-68)42(30-44)33-61(3)58-49(69)9-4-5-26-67)19-16-37-17-20-62(21-18-37)31-39-28-46(52(53,54)55)47-34-65(51(71)66(47)32-39)45-8-6-7-38(27-45)29-48-57-56-36-60(48)2/h6-8,10-15,26-28,30,32,34-37H,4-5,9,16-25,29,31,33H2,1-3H3,(H,58,69). The molecule has 0 atom stereocenters. The van der Waals surface area contributed by atoms with E-state index in [9.17, 15) is 37.1 Å². The number of pyridine rings is 1. The summed E-state index contributed by atoms with van der Waals surface area (Å²) in [6.07, 6.45) is 5.30. The zero-order valence-corrected chi connectivity index (χ0v) is 40.4. The molecule has 2 aliphatic heterocycles. The highest BCUT2D eigenvalue weighted by molar-refractivity contribution is 5.94. The van der Waals surface area contributed by atoms with E-state index in [0.717, 1.165) is 91.0 Å². The summed E-state index contributed by atoms with van der Waals surface area (Å²) in [4.78, 5) is 70.4. The Bertz CT molecular complexity index is 2900. The van der Waals surface area contributed by atoms with E-state index in [1.807, 2.05) is 56.6 Å². The van der Waals surface area contributed by atoms with Crippen molar-refractivity contribution in [2.24, 2.45) is 13.0 Å². The lowest BCUT2D eigenvalue weighted by Crippen LogP contribution is -2.46. The largest absolute Gasteiger partial charge is 0.418 e. The molecule has 3 aromatic heterocycles. The van der Waals surface area contributed by atoms with Gasteiger partial charge in [0.1, 0.15) is 24.7 Å². The molecule has 6 aromatic rings. The van der Waals surface area contributed by atoms with Crippen LogP contribution < -0.4 is 20.9 Å². The van der Waals surface area contributed by atoms with E-state index in [1.54, 1.807) is 52.1 Å². The van der Waals surface area contributed by atoms with E-state index >= 15 is 0 Å². The molecule has 5 heterocycles. The van der Waals surface area contributed by atoms with Gasteiger partial charge in [0.2, 0.25) is 5.91 Å². The fourth-order valence-corrected chi connectivity index (χ4v) is 9.59. The monoisotopic (exact) mass is 975 g/mol. The van der Waals surface area contributed by atoms with Gasteiger partial charge in [-0.3, -0.25) is 33.7 Å². The Labute approximate surface area is 410 Å². The number of benzene rings is 3. The quantitative estimate of drug-likeness (QED) is 0.0563. The van der Waals surface area contributed by atoms with Gasteiger partial charge in [-0.2, -0.15) is 13.2 Å². The Hall–Kier alpha value is -7.12.